The minimum absolute atomic E-state index is 0.0350. The number of benzene rings is 1. The smallest absolute Gasteiger partial charge is 0.215 e. The van der Waals surface area contributed by atoms with Crippen LogP contribution in [0.3, 0.4) is 0 Å². The van der Waals surface area contributed by atoms with Crippen LogP contribution in [0.2, 0.25) is 0 Å². The molecule has 0 fully saturated rings. The normalized spacial score (nSPS) is 12.0. The summed E-state index contributed by atoms with van der Waals surface area (Å²) in [5.41, 5.74) is 0. The second kappa shape index (κ2) is 1.29. The van der Waals surface area contributed by atoms with E-state index < -0.39 is 0 Å². The Balaban J connectivity index is 2.76. The van der Waals surface area contributed by atoms with Gasteiger partial charge >= 0.3 is 0 Å². The molecule has 0 spiro atoms. The molecular weight excluding hydrogens is 136 g/mol. The molecule has 2 aliphatic heterocycles. The summed E-state index contributed by atoms with van der Waals surface area (Å²) in [6.07, 6.45) is 0. The van der Waals surface area contributed by atoms with E-state index in [1.807, 2.05) is 0 Å². The Kier molecular flexibility index (Phi) is 0.672. The van der Waals surface area contributed by atoms with Crippen LogP contribution in [0.25, 0.3) is 0 Å². The van der Waals surface area contributed by atoms with Crippen molar-refractivity contribution < 1.29 is 20.1 Å². The third-order valence-corrected chi connectivity index (χ3v) is 1.37. The molecule has 2 heterocycles. The molecule has 0 saturated carbocycles. The summed E-state index contributed by atoms with van der Waals surface area (Å²) in [6.45, 7) is 0. The van der Waals surface area contributed by atoms with Gasteiger partial charge in [-0.05, 0) is 0 Å². The maximum atomic E-state index is 8.90. The van der Waals surface area contributed by atoms with Gasteiger partial charge in [0.2, 0.25) is 17.2 Å². The van der Waals surface area contributed by atoms with Gasteiger partial charge < -0.3 is 20.1 Å². The zero-order valence-electron chi connectivity index (χ0n) is 4.83. The Hall–Kier alpha value is -1.58. The zero-order chi connectivity index (χ0) is 7.30. The molecule has 0 saturated heterocycles. The van der Waals surface area contributed by atoms with Gasteiger partial charge in [-0.25, -0.2) is 0 Å². The first-order chi connectivity index (χ1) is 4.70. The molecule has 4 nitrogen and oxygen atoms in total. The Morgan fingerprint density at radius 3 is 1.80 bits per heavy atom. The number of ether oxygens (including phenoxy) is 1. The lowest BCUT2D eigenvalue weighted by Gasteiger charge is -2.21. The van der Waals surface area contributed by atoms with Crippen LogP contribution in [-0.2, 0) is 0 Å². The van der Waals surface area contributed by atoms with Crippen LogP contribution in [0.1, 0.15) is 0 Å². The Bertz CT molecular complexity index is 265. The van der Waals surface area contributed by atoms with Crippen molar-refractivity contribution in [1.82, 2.24) is 0 Å². The van der Waals surface area contributed by atoms with Crippen molar-refractivity contribution in [2.24, 2.45) is 0 Å². The molecule has 3 rings (SSSR count). The summed E-state index contributed by atoms with van der Waals surface area (Å²) in [4.78, 5) is 0. The molecule has 3 N–H and O–H groups in total. The fourth-order valence-corrected chi connectivity index (χ4v) is 0.863. The highest BCUT2D eigenvalue weighted by Crippen LogP contribution is 2.59. The largest absolute Gasteiger partial charge is 0.504 e. The summed E-state index contributed by atoms with van der Waals surface area (Å²) in [7, 11) is 0. The lowest BCUT2D eigenvalue weighted by molar-refractivity contribution is 0.291. The van der Waals surface area contributed by atoms with Crippen molar-refractivity contribution in [3.63, 3.8) is 0 Å². The van der Waals surface area contributed by atoms with E-state index in [9.17, 15) is 0 Å². The van der Waals surface area contributed by atoms with Crippen LogP contribution >= 0.6 is 0 Å². The molecule has 2 aliphatic rings. The second-order valence-corrected chi connectivity index (χ2v) is 2.02. The maximum Gasteiger partial charge on any atom is 0.215 e. The number of phenols is 3. The first-order valence-corrected chi connectivity index (χ1v) is 2.66. The van der Waals surface area contributed by atoms with Gasteiger partial charge in [0, 0.05) is 6.07 Å². The van der Waals surface area contributed by atoms with E-state index in [4.69, 9.17) is 15.3 Å². The van der Waals surface area contributed by atoms with Gasteiger partial charge in [0.1, 0.15) is 0 Å². The lowest BCUT2D eigenvalue weighted by atomic mass is 10.2. The summed E-state index contributed by atoms with van der Waals surface area (Å²) in [5, 5.41) is 26.7. The SMILES string of the molecule is Oc1cc(O)c2c(O)c1O2. The maximum absolute atomic E-state index is 8.90. The van der Waals surface area contributed by atoms with Crippen molar-refractivity contribution in [2.45, 2.75) is 0 Å². The van der Waals surface area contributed by atoms with Crippen LogP contribution < -0.4 is 4.74 Å². The minimum Gasteiger partial charge on any atom is -0.504 e. The molecule has 1 aromatic carbocycles. The molecule has 2 bridgehead atoms. The van der Waals surface area contributed by atoms with Crippen LogP contribution in [0.15, 0.2) is 6.07 Å². The van der Waals surface area contributed by atoms with Crippen molar-refractivity contribution in [3.05, 3.63) is 6.07 Å². The van der Waals surface area contributed by atoms with Gasteiger partial charge in [-0.2, -0.15) is 0 Å². The fraction of sp³-hybridized carbons (Fsp3) is 0. The van der Waals surface area contributed by atoms with Gasteiger partial charge in [-0.3, -0.25) is 0 Å². The second-order valence-electron chi connectivity index (χ2n) is 2.02. The molecule has 4 heteroatoms. The molecule has 10 heavy (non-hydrogen) atoms. The fourth-order valence-electron chi connectivity index (χ4n) is 0.863. The van der Waals surface area contributed by atoms with Gasteiger partial charge in [0.05, 0.1) is 0 Å². The third kappa shape index (κ3) is 0.375. The first-order valence-electron chi connectivity index (χ1n) is 2.66. The van der Waals surface area contributed by atoms with Crippen molar-refractivity contribution >= 4 is 0 Å². The van der Waals surface area contributed by atoms with E-state index in [2.05, 4.69) is 4.74 Å². The molecule has 52 valence electrons. The first kappa shape index (κ1) is 5.22. The summed E-state index contributed by atoms with van der Waals surface area (Å²) < 4.78 is 4.65. The number of hydrogen-bond donors (Lipinski definition) is 3. The van der Waals surface area contributed by atoms with E-state index in [0.717, 1.165) is 6.07 Å². The summed E-state index contributed by atoms with van der Waals surface area (Å²) in [5.74, 6) is -0.604. The zero-order valence-corrected chi connectivity index (χ0v) is 4.83. The van der Waals surface area contributed by atoms with Crippen molar-refractivity contribution in [2.75, 3.05) is 0 Å². The molecular formula is C6H4O4. The van der Waals surface area contributed by atoms with E-state index in [1.54, 1.807) is 0 Å². The summed E-state index contributed by atoms with van der Waals surface area (Å²) in [6, 6.07) is 1.12. The Labute approximate surface area is 55.9 Å². The van der Waals surface area contributed by atoms with Gasteiger partial charge in [0.15, 0.2) is 11.5 Å². The minimum atomic E-state index is -0.245. The quantitative estimate of drug-likeness (QED) is 0.508. The monoisotopic (exact) mass is 140 g/mol. The number of rotatable bonds is 0. The molecule has 1 aromatic rings. The molecule has 0 aliphatic carbocycles. The van der Waals surface area contributed by atoms with Crippen LogP contribution in [0.5, 0.6) is 28.7 Å². The Morgan fingerprint density at radius 1 is 1.00 bits per heavy atom. The van der Waals surface area contributed by atoms with Gasteiger partial charge in [0.25, 0.3) is 0 Å². The van der Waals surface area contributed by atoms with Crippen LogP contribution in [-0.4, -0.2) is 15.3 Å². The van der Waals surface area contributed by atoms with Crippen molar-refractivity contribution in [3.8, 4) is 28.7 Å². The Morgan fingerprint density at radius 2 is 1.50 bits per heavy atom. The number of phenolic OH excluding ortho intramolecular Hbond substituents is 3. The molecule has 0 atom stereocenters. The topological polar surface area (TPSA) is 69.9 Å². The number of aromatic hydroxyl groups is 3. The van der Waals surface area contributed by atoms with E-state index in [1.165, 1.54) is 0 Å². The van der Waals surface area contributed by atoms with Gasteiger partial charge in [-0.1, -0.05) is 0 Å². The highest BCUT2D eigenvalue weighted by atomic mass is 16.5. The van der Waals surface area contributed by atoms with Gasteiger partial charge in [-0.15, -0.1) is 0 Å². The average molecular weight is 140 g/mol. The average Bonchev–Trinajstić information content (AvgIpc) is 1.83. The predicted octanol–water partition coefficient (Wildman–Crippen LogP) is 0.909. The number of hydrogen-bond acceptors (Lipinski definition) is 4. The van der Waals surface area contributed by atoms with Crippen LogP contribution in [0.4, 0.5) is 0 Å². The summed E-state index contributed by atoms with van der Waals surface area (Å²) >= 11 is 0. The van der Waals surface area contributed by atoms with Crippen molar-refractivity contribution in [1.29, 1.82) is 0 Å². The van der Waals surface area contributed by atoms with E-state index >= 15 is 0 Å². The van der Waals surface area contributed by atoms with E-state index in [-0.39, 0.29) is 28.7 Å². The molecule has 0 radical (unpaired) electrons. The third-order valence-electron chi connectivity index (χ3n) is 1.37. The standard InChI is InChI=1S/C6H4O4/c7-2-1-3(8)6-4(9)5(2)10-6/h1,7-9H. The number of fused-ring (bicyclic) bond motifs is 2. The molecule has 0 aromatic heterocycles. The molecule has 0 unspecified atom stereocenters. The highest BCUT2D eigenvalue weighted by Gasteiger charge is 2.29. The van der Waals surface area contributed by atoms with Crippen LogP contribution in [0, 0.1) is 0 Å². The predicted molar refractivity (Wildman–Crippen MR) is 31.5 cm³/mol. The van der Waals surface area contributed by atoms with E-state index in [0.29, 0.717) is 0 Å². The molecule has 0 amide bonds. The lowest BCUT2D eigenvalue weighted by Crippen LogP contribution is -1.96. The highest BCUT2D eigenvalue weighted by molar-refractivity contribution is 5.72.